The molecule has 0 saturated heterocycles. The lowest BCUT2D eigenvalue weighted by molar-refractivity contribution is -0.121. The number of rotatable bonds is 0. The molecule has 2 aliphatic carbocycles. The summed E-state index contributed by atoms with van der Waals surface area (Å²) in [5, 5.41) is 0. The number of hydrogen-bond acceptors (Lipinski definition) is 2. The molecule has 0 aliphatic heterocycles. The van der Waals surface area contributed by atoms with Gasteiger partial charge in [-0.3, -0.25) is 9.59 Å². The molecule has 2 aliphatic rings. The van der Waals surface area contributed by atoms with Crippen LogP contribution < -0.4 is 0 Å². The van der Waals surface area contributed by atoms with Gasteiger partial charge in [-0.25, -0.2) is 4.39 Å². The molecule has 1 aromatic carbocycles. The molecule has 2 nitrogen and oxygen atoms in total. The van der Waals surface area contributed by atoms with Crippen molar-refractivity contribution < 1.29 is 14.0 Å². The van der Waals surface area contributed by atoms with Crippen LogP contribution >= 0.6 is 0 Å². The number of ketones is 2. The SMILES string of the molecule is CC.Cc1cc2c(cc1F)CC1(CCC(=O)CC1)C2=O. The molecule has 0 radical (unpaired) electrons. The zero-order valence-electron chi connectivity index (χ0n) is 12.4. The summed E-state index contributed by atoms with van der Waals surface area (Å²) in [6.45, 7) is 5.68. The van der Waals surface area contributed by atoms with Crippen LogP contribution in [0.15, 0.2) is 12.1 Å². The summed E-state index contributed by atoms with van der Waals surface area (Å²) < 4.78 is 13.6. The lowest BCUT2D eigenvalue weighted by Gasteiger charge is -2.30. The van der Waals surface area contributed by atoms with E-state index in [-0.39, 0.29) is 17.4 Å². The molecule has 0 aromatic heterocycles. The van der Waals surface area contributed by atoms with E-state index >= 15 is 0 Å². The maximum atomic E-state index is 13.6. The van der Waals surface area contributed by atoms with E-state index in [1.54, 1.807) is 13.0 Å². The monoisotopic (exact) mass is 276 g/mol. The van der Waals surface area contributed by atoms with Crippen molar-refractivity contribution in [2.45, 2.75) is 52.9 Å². The van der Waals surface area contributed by atoms with Gasteiger partial charge in [0.25, 0.3) is 0 Å². The Bertz CT molecular complexity index is 550. The Balaban J connectivity index is 0.000000704. The van der Waals surface area contributed by atoms with Crippen LogP contribution in [0.4, 0.5) is 4.39 Å². The molecule has 0 heterocycles. The van der Waals surface area contributed by atoms with Gasteiger partial charge in [-0.2, -0.15) is 0 Å². The third kappa shape index (κ3) is 2.30. The number of benzene rings is 1. The van der Waals surface area contributed by atoms with Crippen LogP contribution in [0.2, 0.25) is 0 Å². The molecule has 0 atom stereocenters. The van der Waals surface area contributed by atoms with Crippen molar-refractivity contribution in [3.8, 4) is 0 Å². The van der Waals surface area contributed by atoms with Gasteiger partial charge < -0.3 is 0 Å². The van der Waals surface area contributed by atoms with E-state index in [4.69, 9.17) is 0 Å². The summed E-state index contributed by atoms with van der Waals surface area (Å²) in [5.74, 6) is 0.116. The van der Waals surface area contributed by atoms with Crippen molar-refractivity contribution in [3.05, 3.63) is 34.6 Å². The molecule has 108 valence electrons. The molecule has 1 saturated carbocycles. The Morgan fingerprint density at radius 2 is 1.70 bits per heavy atom. The van der Waals surface area contributed by atoms with Crippen LogP contribution in [0.25, 0.3) is 0 Å². The van der Waals surface area contributed by atoms with Gasteiger partial charge in [0, 0.05) is 23.8 Å². The van der Waals surface area contributed by atoms with E-state index in [9.17, 15) is 14.0 Å². The van der Waals surface area contributed by atoms with Crippen molar-refractivity contribution in [3.63, 3.8) is 0 Å². The zero-order chi connectivity index (χ0) is 14.9. The van der Waals surface area contributed by atoms with Gasteiger partial charge in [-0.1, -0.05) is 13.8 Å². The van der Waals surface area contributed by atoms with Crippen molar-refractivity contribution in [1.82, 2.24) is 0 Å². The summed E-state index contributed by atoms with van der Waals surface area (Å²) in [6.07, 6.45) is 2.83. The Hall–Kier alpha value is -1.51. The van der Waals surface area contributed by atoms with Gasteiger partial charge in [-0.15, -0.1) is 0 Å². The van der Waals surface area contributed by atoms with Gasteiger partial charge in [0.1, 0.15) is 11.6 Å². The number of aryl methyl sites for hydroxylation is 1. The Morgan fingerprint density at radius 3 is 2.30 bits per heavy atom. The third-order valence-corrected chi connectivity index (χ3v) is 4.40. The number of halogens is 1. The first kappa shape index (κ1) is 14.9. The molecule has 3 heteroatoms. The molecule has 3 rings (SSSR count). The number of hydrogen-bond donors (Lipinski definition) is 0. The van der Waals surface area contributed by atoms with Gasteiger partial charge in [-0.05, 0) is 49.4 Å². The second-order valence-electron chi connectivity index (χ2n) is 5.58. The van der Waals surface area contributed by atoms with Gasteiger partial charge in [0.2, 0.25) is 0 Å². The van der Waals surface area contributed by atoms with Gasteiger partial charge >= 0.3 is 0 Å². The average molecular weight is 276 g/mol. The highest BCUT2D eigenvalue weighted by atomic mass is 19.1. The number of carbonyl (C=O) groups is 2. The van der Waals surface area contributed by atoms with E-state index in [1.807, 2.05) is 13.8 Å². The van der Waals surface area contributed by atoms with Crippen LogP contribution in [-0.4, -0.2) is 11.6 Å². The summed E-state index contributed by atoms with van der Waals surface area (Å²) in [4.78, 5) is 23.8. The van der Waals surface area contributed by atoms with Crippen LogP contribution in [0.3, 0.4) is 0 Å². The molecule has 20 heavy (non-hydrogen) atoms. The number of Topliss-reactive ketones (excluding diaryl/α,β-unsaturated/α-hetero) is 2. The molecule has 1 fully saturated rings. The summed E-state index contributed by atoms with van der Waals surface area (Å²) in [6, 6.07) is 3.16. The first-order valence-corrected chi connectivity index (χ1v) is 7.37. The van der Waals surface area contributed by atoms with E-state index < -0.39 is 5.41 Å². The standard InChI is InChI=1S/C15H15FO2.C2H6/c1-9-6-12-10(7-13(9)16)8-15(14(12)18)4-2-11(17)3-5-15;1-2/h6-7H,2-5,8H2,1H3;1-2H3. The van der Waals surface area contributed by atoms with Crippen LogP contribution in [0, 0.1) is 18.2 Å². The number of fused-ring (bicyclic) bond motifs is 1. The predicted octanol–water partition coefficient (Wildman–Crippen LogP) is 4.03. The van der Waals surface area contributed by atoms with E-state index in [1.165, 1.54) is 6.07 Å². The van der Waals surface area contributed by atoms with Crippen molar-refractivity contribution >= 4 is 11.6 Å². The molecule has 1 spiro atoms. The van der Waals surface area contributed by atoms with E-state index in [0.29, 0.717) is 43.2 Å². The van der Waals surface area contributed by atoms with Gasteiger partial charge in [0.15, 0.2) is 5.78 Å². The summed E-state index contributed by atoms with van der Waals surface area (Å²) in [7, 11) is 0. The molecular weight excluding hydrogens is 255 g/mol. The molecule has 0 N–H and O–H groups in total. The fraction of sp³-hybridized carbons (Fsp3) is 0.529. The Kier molecular flexibility index (Phi) is 4.07. The highest BCUT2D eigenvalue weighted by Crippen LogP contribution is 2.46. The summed E-state index contributed by atoms with van der Waals surface area (Å²) >= 11 is 0. The smallest absolute Gasteiger partial charge is 0.169 e. The van der Waals surface area contributed by atoms with E-state index in [0.717, 1.165) is 5.56 Å². The van der Waals surface area contributed by atoms with Crippen molar-refractivity contribution in [2.75, 3.05) is 0 Å². The minimum absolute atomic E-state index is 0.119. The molecular formula is C17H21FO2. The predicted molar refractivity (Wildman–Crippen MR) is 76.4 cm³/mol. The molecule has 0 amide bonds. The van der Waals surface area contributed by atoms with Crippen LogP contribution in [0.1, 0.15) is 61.0 Å². The zero-order valence-corrected chi connectivity index (χ0v) is 12.4. The quantitative estimate of drug-likeness (QED) is 0.717. The third-order valence-electron chi connectivity index (χ3n) is 4.40. The highest BCUT2D eigenvalue weighted by Gasteiger charge is 2.47. The second kappa shape index (κ2) is 5.47. The van der Waals surface area contributed by atoms with Crippen molar-refractivity contribution in [1.29, 1.82) is 0 Å². The van der Waals surface area contributed by atoms with E-state index in [2.05, 4.69) is 0 Å². The molecule has 1 aromatic rings. The molecule has 0 bridgehead atoms. The highest BCUT2D eigenvalue weighted by molar-refractivity contribution is 6.06. The number of carbonyl (C=O) groups excluding carboxylic acids is 2. The first-order valence-electron chi connectivity index (χ1n) is 7.37. The topological polar surface area (TPSA) is 34.1 Å². The minimum atomic E-state index is -0.420. The van der Waals surface area contributed by atoms with Gasteiger partial charge in [0.05, 0.1) is 0 Å². The largest absolute Gasteiger partial charge is 0.300 e. The average Bonchev–Trinajstić information content (AvgIpc) is 2.70. The van der Waals surface area contributed by atoms with Crippen LogP contribution in [-0.2, 0) is 11.2 Å². The Labute approximate surface area is 119 Å². The second-order valence-corrected chi connectivity index (χ2v) is 5.58. The van der Waals surface area contributed by atoms with Crippen LogP contribution in [0.5, 0.6) is 0 Å². The van der Waals surface area contributed by atoms with Crippen molar-refractivity contribution in [2.24, 2.45) is 5.41 Å². The fourth-order valence-corrected chi connectivity index (χ4v) is 3.22. The minimum Gasteiger partial charge on any atom is -0.300 e. The maximum absolute atomic E-state index is 13.6. The fourth-order valence-electron chi connectivity index (χ4n) is 3.22. The first-order chi connectivity index (χ1) is 9.52. The lowest BCUT2D eigenvalue weighted by atomic mass is 9.71. The molecule has 0 unspecified atom stereocenters. The maximum Gasteiger partial charge on any atom is 0.169 e. The normalized spacial score (nSPS) is 19.6. The lowest BCUT2D eigenvalue weighted by Crippen LogP contribution is -2.33. The Morgan fingerprint density at radius 1 is 1.10 bits per heavy atom. The summed E-state index contributed by atoms with van der Waals surface area (Å²) in [5.41, 5.74) is 1.59.